The third-order valence-corrected chi connectivity index (χ3v) is 4.30. The molecule has 122 valence electrons. The minimum Gasteiger partial charge on any atom is -0.397 e. The molecule has 0 unspecified atom stereocenters. The zero-order valence-corrected chi connectivity index (χ0v) is 14.2. The first kappa shape index (κ1) is 16.1. The van der Waals surface area contributed by atoms with Gasteiger partial charge in [-0.05, 0) is 56.0 Å². The summed E-state index contributed by atoms with van der Waals surface area (Å²) in [5.41, 5.74) is 20.3. The van der Waals surface area contributed by atoms with Crippen LogP contribution < -0.4 is 11.5 Å². The molecule has 1 aliphatic rings. The predicted molar refractivity (Wildman–Crippen MR) is 103 cm³/mol. The number of nitrogens with two attached hydrogens (primary N) is 2. The van der Waals surface area contributed by atoms with Crippen molar-refractivity contribution in [2.45, 2.75) is 26.7 Å². The Hall–Kier alpha value is -2.81. The number of anilines is 2. The summed E-state index contributed by atoms with van der Waals surface area (Å²) in [6.07, 6.45) is 12.3. The average molecular weight is 317 g/mol. The number of rotatable bonds is 2. The van der Waals surface area contributed by atoms with Crippen LogP contribution in [0.3, 0.4) is 0 Å². The van der Waals surface area contributed by atoms with E-state index >= 15 is 0 Å². The van der Waals surface area contributed by atoms with Crippen LogP contribution in [-0.2, 0) is 0 Å². The summed E-state index contributed by atoms with van der Waals surface area (Å²) in [5, 5.41) is 0. The molecule has 0 saturated heterocycles. The zero-order valence-electron chi connectivity index (χ0n) is 14.2. The average Bonchev–Trinajstić information content (AvgIpc) is 2.53. The van der Waals surface area contributed by atoms with E-state index in [-0.39, 0.29) is 0 Å². The molecule has 1 heterocycles. The van der Waals surface area contributed by atoms with Gasteiger partial charge in [-0.15, -0.1) is 0 Å². The zero-order chi connectivity index (χ0) is 17.1. The first-order valence-corrected chi connectivity index (χ1v) is 8.21. The molecule has 1 aromatic carbocycles. The smallest absolute Gasteiger partial charge is 0.0726 e. The van der Waals surface area contributed by atoms with Crippen LogP contribution in [-0.4, -0.2) is 4.98 Å². The number of aryl methyl sites for hydroxylation is 1. The fourth-order valence-corrected chi connectivity index (χ4v) is 2.99. The first-order valence-electron chi connectivity index (χ1n) is 8.21. The van der Waals surface area contributed by atoms with E-state index in [0.717, 1.165) is 35.2 Å². The minimum absolute atomic E-state index is 0.603. The predicted octanol–water partition coefficient (Wildman–Crippen LogP) is 4.90. The van der Waals surface area contributed by atoms with E-state index in [2.05, 4.69) is 42.3 Å². The number of aromatic nitrogens is 1. The summed E-state index contributed by atoms with van der Waals surface area (Å²) in [7, 11) is 0. The Morgan fingerprint density at radius 1 is 1.00 bits per heavy atom. The summed E-state index contributed by atoms with van der Waals surface area (Å²) in [4.78, 5) is 4.42. The minimum atomic E-state index is 0.603. The number of benzene rings is 1. The molecule has 4 N–H and O–H groups in total. The highest BCUT2D eigenvalue weighted by Crippen LogP contribution is 2.37. The lowest BCUT2D eigenvalue weighted by Gasteiger charge is -2.16. The Labute approximate surface area is 143 Å². The Morgan fingerprint density at radius 2 is 1.75 bits per heavy atom. The fraction of sp³-hybridized carbons (Fsp3) is 0.190. The van der Waals surface area contributed by atoms with Crippen molar-refractivity contribution in [2.24, 2.45) is 0 Å². The van der Waals surface area contributed by atoms with Crippen molar-refractivity contribution in [1.82, 2.24) is 4.98 Å². The summed E-state index contributed by atoms with van der Waals surface area (Å²) >= 11 is 0. The molecule has 0 bridgehead atoms. The van der Waals surface area contributed by atoms with Gasteiger partial charge in [-0.25, -0.2) is 0 Å². The van der Waals surface area contributed by atoms with Gasteiger partial charge in [-0.2, -0.15) is 0 Å². The van der Waals surface area contributed by atoms with E-state index in [9.17, 15) is 0 Å². The molecule has 24 heavy (non-hydrogen) atoms. The van der Waals surface area contributed by atoms with Gasteiger partial charge in [-0.3, -0.25) is 4.98 Å². The molecule has 1 aliphatic carbocycles. The molecule has 0 fully saturated rings. The Balaban J connectivity index is 2.06. The maximum absolute atomic E-state index is 6.39. The van der Waals surface area contributed by atoms with Gasteiger partial charge in [0.05, 0.1) is 17.1 Å². The van der Waals surface area contributed by atoms with Crippen molar-refractivity contribution in [2.75, 3.05) is 11.5 Å². The highest BCUT2D eigenvalue weighted by atomic mass is 14.7. The first-order chi connectivity index (χ1) is 11.6. The molecule has 1 aromatic heterocycles. The van der Waals surface area contributed by atoms with Crippen LogP contribution in [0.4, 0.5) is 11.4 Å². The SMILES string of the molecule is CC1=C/C=C\CC/C(c2ccc(-c3cc(C)ccn3)c(N)c2N)=C\1. The van der Waals surface area contributed by atoms with Crippen LogP contribution in [0, 0.1) is 6.92 Å². The van der Waals surface area contributed by atoms with Crippen molar-refractivity contribution < 1.29 is 0 Å². The highest BCUT2D eigenvalue weighted by molar-refractivity contribution is 5.91. The topological polar surface area (TPSA) is 64.9 Å². The van der Waals surface area contributed by atoms with Gasteiger partial charge >= 0.3 is 0 Å². The van der Waals surface area contributed by atoms with E-state index < -0.39 is 0 Å². The number of nitrogen functional groups attached to an aromatic ring is 2. The summed E-state index contributed by atoms with van der Waals surface area (Å²) in [5.74, 6) is 0. The van der Waals surface area contributed by atoms with Crippen molar-refractivity contribution in [1.29, 1.82) is 0 Å². The maximum Gasteiger partial charge on any atom is 0.0726 e. The van der Waals surface area contributed by atoms with Gasteiger partial charge in [0.2, 0.25) is 0 Å². The molecular weight excluding hydrogens is 294 g/mol. The van der Waals surface area contributed by atoms with Gasteiger partial charge in [0.25, 0.3) is 0 Å². The van der Waals surface area contributed by atoms with Gasteiger partial charge in [0.1, 0.15) is 0 Å². The highest BCUT2D eigenvalue weighted by Gasteiger charge is 2.14. The Kier molecular flexibility index (Phi) is 4.52. The summed E-state index contributed by atoms with van der Waals surface area (Å²) in [6, 6.07) is 8.09. The van der Waals surface area contributed by atoms with Crippen LogP contribution in [0.5, 0.6) is 0 Å². The number of allylic oxidation sites excluding steroid dienone is 6. The molecule has 3 nitrogen and oxygen atoms in total. The standard InChI is InChI=1S/C21H23N3/c1-14-6-4-3-5-7-16(12-14)17-8-9-18(21(23)20(17)22)19-13-15(2)10-11-24-19/h3-4,6,8-13H,5,7,22-23H2,1-2H3/b4-3-,14-6-,16-12+. The fourth-order valence-electron chi connectivity index (χ4n) is 2.99. The van der Waals surface area contributed by atoms with Crippen LogP contribution in [0.15, 0.2) is 60.3 Å². The number of pyridine rings is 1. The Morgan fingerprint density at radius 3 is 2.54 bits per heavy atom. The molecule has 3 rings (SSSR count). The van der Waals surface area contributed by atoms with Gasteiger partial charge in [0, 0.05) is 17.3 Å². The van der Waals surface area contributed by atoms with Gasteiger partial charge in [-0.1, -0.05) is 35.9 Å². The van der Waals surface area contributed by atoms with Crippen molar-refractivity contribution in [3.05, 3.63) is 71.5 Å². The molecule has 0 spiro atoms. The number of hydrogen-bond acceptors (Lipinski definition) is 3. The maximum atomic E-state index is 6.39. The molecule has 0 atom stereocenters. The number of hydrogen-bond donors (Lipinski definition) is 2. The van der Waals surface area contributed by atoms with Crippen LogP contribution >= 0.6 is 0 Å². The molecule has 0 aliphatic heterocycles. The second-order valence-electron chi connectivity index (χ2n) is 6.25. The van der Waals surface area contributed by atoms with Gasteiger partial charge in [0.15, 0.2) is 0 Å². The lowest BCUT2D eigenvalue weighted by molar-refractivity contribution is 1.06. The van der Waals surface area contributed by atoms with Crippen LogP contribution in [0.2, 0.25) is 0 Å². The Bertz CT molecular complexity index is 857. The second kappa shape index (κ2) is 6.75. The summed E-state index contributed by atoms with van der Waals surface area (Å²) in [6.45, 7) is 4.14. The number of nitrogens with zero attached hydrogens (tertiary/aromatic N) is 1. The van der Waals surface area contributed by atoms with E-state index in [1.54, 1.807) is 6.20 Å². The normalized spacial score (nSPS) is 20.2. The lowest BCUT2D eigenvalue weighted by Crippen LogP contribution is -2.03. The molecule has 0 amide bonds. The lowest BCUT2D eigenvalue weighted by atomic mass is 9.93. The third kappa shape index (κ3) is 3.25. The van der Waals surface area contributed by atoms with Crippen LogP contribution in [0.25, 0.3) is 16.8 Å². The van der Waals surface area contributed by atoms with Gasteiger partial charge < -0.3 is 11.5 Å². The summed E-state index contributed by atoms with van der Waals surface area (Å²) < 4.78 is 0. The molecular formula is C21H23N3. The monoisotopic (exact) mass is 317 g/mol. The largest absolute Gasteiger partial charge is 0.397 e. The van der Waals surface area contributed by atoms with E-state index in [4.69, 9.17) is 11.5 Å². The van der Waals surface area contributed by atoms with Crippen molar-refractivity contribution >= 4 is 16.9 Å². The van der Waals surface area contributed by atoms with Crippen molar-refractivity contribution in [3.63, 3.8) is 0 Å². The molecule has 0 saturated carbocycles. The van der Waals surface area contributed by atoms with E-state index in [1.165, 1.54) is 11.1 Å². The van der Waals surface area contributed by atoms with E-state index in [1.807, 2.05) is 25.1 Å². The van der Waals surface area contributed by atoms with Crippen LogP contribution in [0.1, 0.15) is 30.9 Å². The molecule has 0 radical (unpaired) electrons. The second-order valence-corrected chi connectivity index (χ2v) is 6.25. The van der Waals surface area contributed by atoms with Crippen molar-refractivity contribution in [3.8, 4) is 11.3 Å². The third-order valence-electron chi connectivity index (χ3n) is 4.30. The molecule has 3 heteroatoms. The van der Waals surface area contributed by atoms with E-state index in [0.29, 0.717) is 11.4 Å². The quantitative estimate of drug-likeness (QED) is 0.774. The molecule has 2 aromatic rings.